The van der Waals surface area contributed by atoms with Gasteiger partial charge in [0, 0.05) is 17.0 Å². The Balaban J connectivity index is 1.35. The number of thiophene rings is 1. The van der Waals surface area contributed by atoms with Crippen molar-refractivity contribution in [3.63, 3.8) is 0 Å². The zero-order valence-electron chi connectivity index (χ0n) is 15.2. The summed E-state index contributed by atoms with van der Waals surface area (Å²) in [6.45, 7) is 2.59. The summed E-state index contributed by atoms with van der Waals surface area (Å²) in [6, 6.07) is 0.832. The number of nitrogens with one attached hydrogen (secondary N) is 2. The van der Waals surface area contributed by atoms with Crippen molar-refractivity contribution in [3.8, 4) is 0 Å². The second kappa shape index (κ2) is 7.88. The van der Waals surface area contributed by atoms with E-state index in [1.807, 2.05) is 18.3 Å². The molecule has 0 saturated heterocycles. The monoisotopic (exact) mass is 374 g/mol. The molecule has 0 atom stereocenters. The van der Waals surface area contributed by atoms with E-state index in [0.717, 1.165) is 42.8 Å². The number of rotatable bonds is 6. The van der Waals surface area contributed by atoms with E-state index in [9.17, 15) is 4.79 Å². The zero-order chi connectivity index (χ0) is 17.9. The molecule has 1 fully saturated rings. The molecule has 0 spiro atoms. The summed E-state index contributed by atoms with van der Waals surface area (Å²) >= 11 is 1.83. The molecule has 0 radical (unpaired) electrons. The number of ether oxygens (including phenoxy) is 1. The van der Waals surface area contributed by atoms with Crippen LogP contribution in [-0.2, 0) is 22.4 Å². The van der Waals surface area contributed by atoms with E-state index in [0.29, 0.717) is 25.2 Å². The summed E-state index contributed by atoms with van der Waals surface area (Å²) in [5.41, 5.74) is 1.47. The molecule has 7 heteroatoms. The van der Waals surface area contributed by atoms with Crippen molar-refractivity contribution in [2.24, 2.45) is 0 Å². The summed E-state index contributed by atoms with van der Waals surface area (Å²) in [5.74, 6) is 0.847. The maximum Gasteiger partial charge on any atom is 0.319 e. The Labute approximate surface area is 157 Å². The molecule has 0 bridgehead atoms. The maximum absolute atomic E-state index is 11.5. The van der Waals surface area contributed by atoms with Crippen LogP contribution in [-0.4, -0.2) is 41.2 Å². The second-order valence-corrected chi connectivity index (χ2v) is 8.22. The lowest BCUT2D eigenvalue weighted by Gasteiger charge is -2.30. The quantitative estimate of drug-likeness (QED) is 0.757. The minimum atomic E-state index is -0.164. The number of carbonyl (C=O) groups is 1. The molecule has 2 aromatic rings. The van der Waals surface area contributed by atoms with Gasteiger partial charge < -0.3 is 15.4 Å². The molecule has 1 saturated carbocycles. The molecule has 2 aliphatic carbocycles. The molecule has 2 aromatic heterocycles. The van der Waals surface area contributed by atoms with Gasteiger partial charge in [-0.2, -0.15) is 0 Å². The molecule has 4 rings (SSSR count). The number of carbonyl (C=O) groups excluding carboxylic acids is 1. The Morgan fingerprint density at radius 2 is 2.04 bits per heavy atom. The molecule has 0 unspecified atom stereocenters. The summed E-state index contributed by atoms with van der Waals surface area (Å²) in [6.07, 6.45) is 9.57. The van der Waals surface area contributed by atoms with Crippen molar-refractivity contribution < 1.29 is 9.53 Å². The predicted octanol–water partition coefficient (Wildman–Crippen LogP) is 3.06. The number of anilines is 1. The third-order valence-corrected chi connectivity index (χ3v) is 6.61. The molecule has 6 nitrogen and oxygen atoms in total. The Kier molecular flexibility index (Phi) is 5.36. The van der Waals surface area contributed by atoms with E-state index in [1.54, 1.807) is 6.33 Å². The van der Waals surface area contributed by atoms with Gasteiger partial charge in [-0.05, 0) is 57.4 Å². The summed E-state index contributed by atoms with van der Waals surface area (Å²) in [7, 11) is 0. The standard InChI is InChI=1S/C19H26N4O2S/c1-2-25-16(24)10-20-12-6-8-13(9-7-12)23-18-17-14-4-3-5-15(14)26-19(17)22-11-21-18/h11-13,20H,2-10H2,1H3,(H,21,22,23)/t12-,13-. The molecule has 140 valence electrons. The highest BCUT2D eigenvalue weighted by molar-refractivity contribution is 7.19. The van der Waals surface area contributed by atoms with Crippen molar-refractivity contribution in [2.45, 2.75) is 64.0 Å². The smallest absolute Gasteiger partial charge is 0.319 e. The predicted molar refractivity (Wildman–Crippen MR) is 104 cm³/mol. The highest BCUT2D eigenvalue weighted by Gasteiger charge is 2.25. The van der Waals surface area contributed by atoms with Gasteiger partial charge in [-0.25, -0.2) is 9.97 Å². The van der Waals surface area contributed by atoms with Crippen molar-refractivity contribution in [1.82, 2.24) is 15.3 Å². The molecule has 2 heterocycles. The van der Waals surface area contributed by atoms with Gasteiger partial charge in [-0.1, -0.05) is 0 Å². The fourth-order valence-corrected chi connectivity index (χ4v) is 5.34. The average Bonchev–Trinajstić information content (AvgIpc) is 3.22. The van der Waals surface area contributed by atoms with Crippen molar-refractivity contribution in [3.05, 3.63) is 16.8 Å². The normalized spacial score (nSPS) is 22.3. The van der Waals surface area contributed by atoms with E-state index < -0.39 is 0 Å². The summed E-state index contributed by atoms with van der Waals surface area (Å²) in [5, 5.41) is 8.26. The summed E-state index contributed by atoms with van der Waals surface area (Å²) < 4.78 is 4.98. The van der Waals surface area contributed by atoms with Crippen molar-refractivity contribution in [1.29, 1.82) is 0 Å². The molecule has 26 heavy (non-hydrogen) atoms. The number of hydrogen-bond donors (Lipinski definition) is 2. The number of hydrogen-bond acceptors (Lipinski definition) is 7. The first-order chi connectivity index (χ1) is 12.7. The molecular formula is C19H26N4O2S. The van der Waals surface area contributed by atoms with Crippen LogP contribution in [0.3, 0.4) is 0 Å². The van der Waals surface area contributed by atoms with Gasteiger partial charge in [-0.15, -0.1) is 11.3 Å². The SMILES string of the molecule is CCOC(=O)CN[C@H]1CC[C@H](Nc2ncnc3sc4c(c23)CCC4)CC1. The van der Waals surface area contributed by atoms with E-state index in [-0.39, 0.29) is 5.97 Å². The lowest BCUT2D eigenvalue weighted by Crippen LogP contribution is -2.39. The van der Waals surface area contributed by atoms with Crippen LogP contribution < -0.4 is 10.6 Å². The summed E-state index contributed by atoms with van der Waals surface area (Å²) in [4.78, 5) is 23.1. The minimum absolute atomic E-state index is 0.164. The van der Waals surface area contributed by atoms with Crippen LogP contribution in [0, 0.1) is 0 Å². The number of aromatic nitrogens is 2. The molecule has 0 aromatic carbocycles. The largest absolute Gasteiger partial charge is 0.465 e. The Hall–Kier alpha value is -1.73. The van der Waals surface area contributed by atoms with Gasteiger partial charge in [0.05, 0.1) is 18.5 Å². The van der Waals surface area contributed by atoms with E-state index in [1.165, 1.54) is 28.7 Å². The van der Waals surface area contributed by atoms with Crippen LogP contribution in [0.5, 0.6) is 0 Å². The minimum Gasteiger partial charge on any atom is -0.465 e. The number of nitrogens with zero attached hydrogens (tertiary/aromatic N) is 2. The first kappa shape index (κ1) is 17.7. The van der Waals surface area contributed by atoms with Gasteiger partial charge >= 0.3 is 5.97 Å². The Morgan fingerprint density at radius 3 is 2.85 bits per heavy atom. The van der Waals surface area contributed by atoms with Crippen LogP contribution in [0.25, 0.3) is 10.2 Å². The first-order valence-corrected chi connectivity index (χ1v) is 10.5. The van der Waals surface area contributed by atoms with Crippen molar-refractivity contribution >= 4 is 33.3 Å². The lowest BCUT2D eigenvalue weighted by molar-refractivity contribution is -0.142. The average molecular weight is 375 g/mol. The van der Waals surface area contributed by atoms with Crippen LogP contribution in [0.4, 0.5) is 5.82 Å². The highest BCUT2D eigenvalue weighted by Crippen LogP contribution is 2.39. The van der Waals surface area contributed by atoms with Gasteiger partial charge in [-0.3, -0.25) is 4.79 Å². The van der Waals surface area contributed by atoms with E-state index >= 15 is 0 Å². The molecule has 2 aliphatic rings. The van der Waals surface area contributed by atoms with Crippen molar-refractivity contribution in [2.75, 3.05) is 18.5 Å². The topological polar surface area (TPSA) is 76.1 Å². The number of esters is 1. The highest BCUT2D eigenvalue weighted by atomic mass is 32.1. The van der Waals surface area contributed by atoms with Gasteiger partial charge in [0.1, 0.15) is 17.0 Å². The van der Waals surface area contributed by atoms with Gasteiger partial charge in [0.25, 0.3) is 0 Å². The van der Waals surface area contributed by atoms with Crippen LogP contribution >= 0.6 is 11.3 Å². The zero-order valence-corrected chi connectivity index (χ0v) is 16.0. The van der Waals surface area contributed by atoms with Gasteiger partial charge in [0.2, 0.25) is 0 Å². The van der Waals surface area contributed by atoms with Crippen LogP contribution in [0.15, 0.2) is 6.33 Å². The molecule has 0 amide bonds. The second-order valence-electron chi connectivity index (χ2n) is 7.14. The molecule has 2 N–H and O–H groups in total. The fourth-order valence-electron chi connectivity index (χ4n) is 4.11. The molecule has 0 aliphatic heterocycles. The van der Waals surface area contributed by atoms with Crippen LogP contribution in [0.1, 0.15) is 49.5 Å². The Bertz CT molecular complexity index is 783. The Morgan fingerprint density at radius 1 is 1.23 bits per heavy atom. The van der Waals surface area contributed by atoms with E-state index in [4.69, 9.17) is 4.74 Å². The lowest BCUT2D eigenvalue weighted by atomic mass is 9.91. The third-order valence-electron chi connectivity index (χ3n) is 5.41. The fraction of sp³-hybridized carbons (Fsp3) is 0.632. The molecular weight excluding hydrogens is 348 g/mol. The van der Waals surface area contributed by atoms with Gasteiger partial charge in [0.15, 0.2) is 0 Å². The first-order valence-electron chi connectivity index (χ1n) is 9.65. The van der Waals surface area contributed by atoms with Crippen LogP contribution in [0.2, 0.25) is 0 Å². The third kappa shape index (κ3) is 3.69. The van der Waals surface area contributed by atoms with E-state index in [2.05, 4.69) is 20.6 Å². The number of aryl methyl sites for hydroxylation is 2. The number of fused-ring (bicyclic) bond motifs is 3. The maximum atomic E-state index is 11.5.